The van der Waals surface area contributed by atoms with Gasteiger partial charge in [-0.2, -0.15) is 0 Å². The molecule has 3 aliphatic rings. The molecule has 214 valence electrons. The van der Waals surface area contributed by atoms with Gasteiger partial charge in [-0.15, -0.1) is 0 Å². The number of likely N-dealkylation sites (N-methyl/N-ethyl adjacent to an activating group) is 1. The fourth-order valence-electron chi connectivity index (χ4n) is 8.33. The molecule has 2 aromatic heterocycles. The SMILES string of the molecule is CO[C@@H]1[C@H](N(C)C(=O)c2ccccc2)C[C@@H]2O[C@@]1(C)n1c3ccccc3c3c4c(c5c6ccccc6n2c5c31)C(=O)NC4. The lowest BCUT2D eigenvalue weighted by atomic mass is 9.91. The topological polar surface area (TPSA) is 77.7 Å². The van der Waals surface area contributed by atoms with E-state index in [4.69, 9.17) is 9.47 Å². The maximum atomic E-state index is 13.9. The first-order chi connectivity index (χ1) is 20.9. The molecule has 1 saturated heterocycles. The fourth-order valence-corrected chi connectivity index (χ4v) is 8.33. The summed E-state index contributed by atoms with van der Waals surface area (Å²) in [6, 6.07) is 25.7. The van der Waals surface area contributed by atoms with E-state index in [9.17, 15) is 9.59 Å². The number of para-hydroxylation sites is 2. The van der Waals surface area contributed by atoms with E-state index in [1.165, 1.54) is 0 Å². The first-order valence-corrected chi connectivity index (χ1v) is 14.8. The highest BCUT2D eigenvalue weighted by molar-refractivity contribution is 6.31. The Morgan fingerprint density at radius 1 is 0.953 bits per heavy atom. The van der Waals surface area contributed by atoms with Crippen molar-refractivity contribution in [2.24, 2.45) is 0 Å². The summed E-state index contributed by atoms with van der Waals surface area (Å²) in [6.45, 7) is 2.56. The minimum Gasteiger partial charge on any atom is -0.374 e. The van der Waals surface area contributed by atoms with Crippen molar-refractivity contribution in [1.29, 1.82) is 0 Å². The minimum atomic E-state index is -0.980. The number of nitrogens with one attached hydrogen (secondary N) is 1. The Kier molecular flexibility index (Phi) is 4.90. The number of amides is 2. The maximum Gasteiger partial charge on any atom is 0.253 e. The van der Waals surface area contributed by atoms with Crippen LogP contribution in [-0.2, 0) is 21.7 Å². The molecule has 1 fully saturated rings. The Labute approximate surface area is 247 Å². The molecular weight excluding hydrogens is 540 g/mol. The van der Waals surface area contributed by atoms with Gasteiger partial charge in [0.1, 0.15) is 12.3 Å². The molecule has 2 bridgehead atoms. The lowest BCUT2D eigenvalue weighted by Crippen LogP contribution is -2.61. The van der Waals surface area contributed by atoms with Crippen molar-refractivity contribution in [3.8, 4) is 0 Å². The second-order valence-corrected chi connectivity index (χ2v) is 12.1. The van der Waals surface area contributed by atoms with Crippen molar-refractivity contribution in [2.45, 2.75) is 44.0 Å². The van der Waals surface area contributed by atoms with Crippen LogP contribution in [0.3, 0.4) is 0 Å². The maximum absolute atomic E-state index is 13.9. The number of benzene rings is 4. The van der Waals surface area contributed by atoms with E-state index in [-0.39, 0.29) is 17.9 Å². The van der Waals surface area contributed by atoms with Gasteiger partial charge in [0.2, 0.25) is 0 Å². The highest BCUT2D eigenvalue weighted by Crippen LogP contribution is 2.54. The summed E-state index contributed by atoms with van der Waals surface area (Å²) in [6.07, 6.45) is -0.386. The number of carbonyl (C=O) groups is 2. The average Bonchev–Trinajstić information content (AvgIpc) is 3.68. The monoisotopic (exact) mass is 570 g/mol. The highest BCUT2D eigenvalue weighted by atomic mass is 16.6. The number of hydrogen-bond acceptors (Lipinski definition) is 4. The van der Waals surface area contributed by atoms with Crippen LogP contribution in [0, 0.1) is 0 Å². The van der Waals surface area contributed by atoms with E-state index in [1.807, 2.05) is 66.5 Å². The summed E-state index contributed by atoms with van der Waals surface area (Å²) in [7, 11) is 3.57. The van der Waals surface area contributed by atoms with Crippen molar-refractivity contribution < 1.29 is 19.1 Å². The number of fused-ring (bicyclic) bond motifs is 13. The molecule has 0 unspecified atom stereocenters. The molecule has 0 spiro atoms. The lowest BCUT2D eigenvalue weighted by molar-refractivity contribution is -0.264. The Balaban J connectivity index is 1.43. The molecule has 0 saturated carbocycles. The Hall–Kier alpha value is -4.66. The van der Waals surface area contributed by atoms with Crippen LogP contribution in [0.4, 0.5) is 0 Å². The Morgan fingerprint density at radius 3 is 2.37 bits per heavy atom. The van der Waals surface area contributed by atoms with Gasteiger partial charge < -0.3 is 28.8 Å². The molecule has 9 rings (SSSR count). The van der Waals surface area contributed by atoms with Gasteiger partial charge in [0.05, 0.1) is 33.7 Å². The Bertz CT molecular complexity index is 2180. The van der Waals surface area contributed by atoms with Crippen LogP contribution >= 0.6 is 0 Å². The van der Waals surface area contributed by atoms with E-state index < -0.39 is 18.1 Å². The Morgan fingerprint density at radius 2 is 1.63 bits per heavy atom. The fraction of sp³-hybridized carbons (Fsp3) is 0.257. The van der Waals surface area contributed by atoms with Crippen LogP contribution in [0.2, 0.25) is 0 Å². The van der Waals surface area contributed by atoms with Crippen molar-refractivity contribution in [3.05, 3.63) is 95.6 Å². The number of nitrogens with zero attached hydrogens (tertiary/aromatic N) is 3. The highest BCUT2D eigenvalue weighted by Gasteiger charge is 2.55. The number of rotatable bonds is 3. The standard InChI is InChI=1S/C35H30N4O4/c1-35-32(42-3)25(37(2)34(41)19-11-5-4-6-12-19)17-26(43-35)38-23-15-9-7-13-20(23)28-29-22(18-36-33(29)40)27-21-14-8-10-16-24(21)39(35)31(27)30(28)38/h4-16,25-26,32H,17-18H2,1-3H3,(H,36,40)/t25-,26+,32-,35-/m1/s1. The molecule has 43 heavy (non-hydrogen) atoms. The molecule has 6 aromatic rings. The summed E-state index contributed by atoms with van der Waals surface area (Å²) >= 11 is 0. The number of aromatic nitrogens is 2. The minimum absolute atomic E-state index is 0.0446. The first kappa shape index (κ1) is 24.9. The molecular formula is C35H30N4O4. The van der Waals surface area contributed by atoms with E-state index >= 15 is 0 Å². The second kappa shape index (κ2) is 8.46. The first-order valence-electron chi connectivity index (χ1n) is 14.8. The zero-order valence-electron chi connectivity index (χ0n) is 24.1. The summed E-state index contributed by atoms with van der Waals surface area (Å²) in [5.74, 6) is -0.107. The molecule has 8 heteroatoms. The predicted molar refractivity (Wildman–Crippen MR) is 165 cm³/mol. The summed E-state index contributed by atoms with van der Waals surface area (Å²) in [5.41, 5.74) is 5.46. The van der Waals surface area contributed by atoms with E-state index in [1.54, 1.807) is 7.11 Å². The molecule has 3 aliphatic heterocycles. The van der Waals surface area contributed by atoms with Gasteiger partial charge in [0, 0.05) is 54.2 Å². The zero-order chi connectivity index (χ0) is 29.2. The molecule has 5 heterocycles. The van der Waals surface area contributed by atoms with Crippen LogP contribution in [0.15, 0.2) is 78.9 Å². The summed E-state index contributed by atoms with van der Waals surface area (Å²) < 4.78 is 18.1. The van der Waals surface area contributed by atoms with Crippen LogP contribution < -0.4 is 5.32 Å². The van der Waals surface area contributed by atoms with Crippen molar-refractivity contribution >= 4 is 55.4 Å². The van der Waals surface area contributed by atoms with Gasteiger partial charge >= 0.3 is 0 Å². The molecule has 4 aromatic carbocycles. The molecule has 8 nitrogen and oxygen atoms in total. The van der Waals surface area contributed by atoms with Crippen molar-refractivity contribution in [3.63, 3.8) is 0 Å². The molecule has 4 atom stereocenters. The number of hydrogen-bond donors (Lipinski definition) is 1. The van der Waals surface area contributed by atoms with E-state index in [0.717, 1.165) is 54.7 Å². The molecule has 2 amide bonds. The average molecular weight is 571 g/mol. The van der Waals surface area contributed by atoms with Gasteiger partial charge in [-0.05, 0) is 36.8 Å². The van der Waals surface area contributed by atoms with Crippen molar-refractivity contribution in [2.75, 3.05) is 14.2 Å². The third-order valence-corrected chi connectivity index (χ3v) is 10.0. The van der Waals surface area contributed by atoms with Crippen LogP contribution in [0.5, 0.6) is 0 Å². The largest absolute Gasteiger partial charge is 0.374 e. The normalized spacial score (nSPS) is 24.2. The zero-order valence-corrected chi connectivity index (χ0v) is 24.1. The van der Waals surface area contributed by atoms with E-state index in [2.05, 4.69) is 45.6 Å². The van der Waals surface area contributed by atoms with E-state index in [0.29, 0.717) is 18.5 Å². The number of ether oxygens (including phenoxy) is 2. The predicted octanol–water partition coefficient (Wildman–Crippen LogP) is 5.91. The van der Waals surface area contributed by atoms with Gasteiger partial charge in [-0.25, -0.2) is 0 Å². The van der Waals surface area contributed by atoms with Crippen LogP contribution in [-0.4, -0.2) is 52.2 Å². The smallest absolute Gasteiger partial charge is 0.253 e. The third-order valence-electron chi connectivity index (χ3n) is 10.0. The van der Waals surface area contributed by atoms with Crippen LogP contribution in [0.25, 0.3) is 43.6 Å². The van der Waals surface area contributed by atoms with Gasteiger partial charge in [-0.1, -0.05) is 54.6 Å². The molecule has 0 radical (unpaired) electrons. The van der Waals surface area contributed by atoms with Crippen LogP contribution in [0.1, 0.15) is 45.9 Å². The summed E-state index contributed by atoms with van der Waals surface area (Å²) in [4.78, 5) is 29.2. The summed E-state index contributed by atoms with van der Waals surface area (Å²) in [5, 5.41) is 7.24. The van der Waals surface area contributed by atoms with Gasteiger partial charge in [0.25, 0.3) is 11.8 Å². The lowest BCUT2D eigenvalue weighted by Gasteiger charge is -2.50. The van der Waals surface area contributed by atoms with Crippen molar-refractivity contribution in [1.82, 2.24) is 19.4 Å². The second-order valence-electron chi connectivity index (χ2n) is 12.1. The third kappa shape index (κ3) is 2.97. The number of carbonyl (C=O) groups excluding carboxylic acids is 2. The van der Waals surface area contributed by atoms with Gasteiger partial charge in [0.15, 0.2) is 5.72 Å². The number of methoxy groups -OCH3 is 1. The molecule has 0 aliphatic carbocycles. The van der Waals surface area contributed by atoms with Gasteiger partial charge in [-0.3, -0.25) is 9.59 Å². The molecule has 1 N–H and O–H groups in total. The quantitative estimate of drug-likeness (QED) is 0.287.